The standard InChI is InChI=1S/C15H13NO4/c1-2-20-15(19)11-7-5-10(6-8-11)12-4-3-9-16-13(12)14(17)18/h3-9H,2H2,1H3,(H,17,18). The first-order valence-electron chi connectivity index (χ1n) is 6.09. The van der Waals surface area contributed by atoms with E-state index in [2.05, 4.69) is 4.98 Å². The zero-order valence-electron chi connectivity index (χ0n) is 10.9. The van der Waals surface area contributed by atoms with Crippen LogP contribution in [-0.4, -0.2) is 28.6 Å². The number of carboxylic acid groups (broad SMARTS) is 1. The van der Waals surface area contributed by atoms with Crippen molar-refractivity contribution in [2.45, 2.75) is 6.92 Å². The third-order valence-corrected chi connectivity index (χ3v) is 2.72. The van der Waals surface area contributed by atoms with Crippen LogP contribution >= 0.6 is 0 Å². The molecule has 2 aromatic rings. The Labute approximate surface area is 115 Å². The number of benzene rings is 1. The summed E-state index contributed by atoms with van der Waals surface area (Å²) < 4.78 is 4.89. The van der Waals surface area contributed by atoms with Crippen molar-refractivity contribution in [3.8, 4) is 11.1 Å². The Morgan fingerprint density at radius 1 is 1.20 bits per heavy atom. The topological polar surface area (TPSA) is 76.5 Å². The average molecular weight is 271 g/mol. The molecule has 0 aliphatic heterocycles. The molecular formula is C15H13NO4. The van der Waals surface area contributed by atoms with Crippen molar-refractivity contribution < 1.29 is 19.4 Å². The van der Waals surface area contributed by atoms with E-state index in [9.17, 15) is 9.59 Å². The molecule has 5 heteroatoms. The Morgan fingerprint density at radius 2 is 1.90 bits per heavy atom. The van der Waals surface area contributed by atoms with Crippen molar-refractivity contribution in [3.63, 3.8) is 0 Å². The van der Waals surface area contributed by atoms with Gasteiger partial charge in [-0.1, -0.05) is 18.2 Å². The molecule has 2 rings (SSSR count). The van der Waals surface area contributed by atoms with E-state index in [0.29, 0.717) is 23.3 Å². The summed E-state index contributed by atoms with van der Waals surface area (Å²) in [6.07, 6.45) is 1.43. The van der Waals surface area contributed by atoms with Crippen LogP contribution in [0.1, 0.15) is 27.8 Å². The van der Waals surface area contributed by atoms with E-state index < -0.39 is 11.9 Å². The largest absolute Gasteiger partial charge is 0.476 e. The van der Waals surface area contributed by atoms with E-state index in [1.165, 1.54) is 6.20 Å². The predicted octanol–water partition coefficient (Wildman–Crippen LogP) is 2.62. The minimum atomic E-state index is -1.09. The van der Waals surface area contributed by atoms with Gasteiger partial charge in [-0.2, -0.15) is 0 Å². The monoisotopic (exact) mass is 271 g/mol. The van der Waals surface area contributed by atoms with Gasteiger partial charge in [-0.3, -0.25) is 0 Å². The van der Waals surface area contributed by atoms with Crippen LogP contribution in [-0.2, 0) is 4.74 Å². The molecule has 0 bridgehead atoms. The molecule has 5 nitrogen and oxygen atoms in total. The summed E-state index contributed by atoms with van der Waals surface area (Å²) in [6, 6.07) is 9.90. The van der Waals surface area contributed by atoms with Gasteiger partial charge in [0.15, 0.2) is 5.69 Å². The highest BCUT2D eigenvalue weighted by Crippen LogP contribution is 2.22. The number of hydrogen-bond donors (Lipinski definition) is 1. The maximum atomic E-state index is 11.5. The van der Waals surface area contributed by atoms with Gasteiger partial charge < -0.3 is 9.84 Å². The van der Waals surface area contributed by atoms with Crippen LogP contribution in [0.3, 0.4) is 0 Å². The van der Waals surface area contributed by atoms with E-state index in [0.717, 1.165) is 0 Å². The second kappa shape index (κ2) is 5.97. The smallest absolute Gasteiger partial charge is 0.355 e. The van der Waals surface area contributed by atoms with Crippen LogP contribution < -0.4 is 0 Å². The molecule has 20 heavy (non-hydrogen) atoms. The summed E-state index contributed by atoms with van der Waals surface area (Å²) in [5.74, 6) is -1.49. The van der Waals surface area contributed by atoms with Gasteiger partial charge in [0, 0.05) is 11.8 Å². The van der Waals surface area contributed by atoms with Gasteiger partial charge in [0.2, 0.25) is 0 Å². The lowest BCUT2D eigenvalue weighted by Crippen LogP contribution is -2.05. The molecule has 1 N–H and O–H groups in total. The fraction of sp³-hybridized carbons (Fsp3) is 0.133. The van der Waals surface area contributed by atoms with Crippen LogP contribution in [0.4, 0.5) is 0 Å². The van der Waals surface area contributed by atoms with E-state index in [-0.39, 0.29) is 5.69 Å². The average Bonchev–Trinajstić information content (AvgIpc) is 2.47. The van der Waals surface area contributed by atoms with Gasteiger partial charge in [0.05, 0.1) is 12.2 Å². The molecule has 0 saturated heterocycles. The van der Waals surface area contributed by atoms with Gasteiger partial charge in [0.25, 0.3) is 0 Å². The Hall–Kier alpha value is -2.69. The summed E-state index contributed by atoms with van der Waals surface area (Å²) >= 11 is 0. The summed E-state index contributed by atoms with van der Waals surface area (Å²) in [5, 5.41) is 9.10. The Balaban J connectivity index is 2.36. The molecule has 0 fully saturated rings. The number of aromatic nitrogens is 1. The van der Waals surface area contributed by atoms with Crippen LogP contribution in [0.5, 0.6) is 0 Å². The van der Waals surface area contributed by atoms with E-state index in [4.69, 9.17) is 9.84 Å². The number of carbonyl (C=O) groups excluding carboxylic acids is 1. The second-order valence-corrected chi connectivity index (χ2v) is 4.00. The van der Waals surface area contributed by atoms with Crippen LogP contribution in [0.2, 0.25) is 0 Å². The fourth-order valence-corrected chi connectivity index (χ4v) is 1.81. The third-order valence-electron chi connectivity index (χ3n) is 2.72. The molecule has 1 aromatic carbocycles. The summed E-state index contributed by atoms with van der Waals surface area (Å²) in [6.45, 7) is 2.05. The quantitative estimate of drug-likeness (QED) is 0.865. The lowest BCUT2D eigenvalue weighted by molar-refractivity contribution is 0.0525. The zero-order chi connectivity index (χ0) is 14.5. The van der Waals surface area contributed by atoms with Crippen LogP contribution in [0, 0.1) is 0 Å². The Morgan fingerprint density at radius 3 is 2.50 bits per heavy atom. The van der Waals surface area contributed by atoms with Crippen molar-refractivity contribution in [1.29, 1.82) is 0 Å². The van der Waals surface area contributed by atoms with Crippen LogP contribution in [0.25, 0.3) is 11.1 Å². The Kier molecular flexibility index (Phi) is 4.10. The molecule has 0 aliphatic carbocycles. The highest BCUT2D eigenvalue weighted by molar-refractivity contribution is 5.94. The summed E-state index contributed by atoms with van der Waals surface area (Å²) in [4.78, 5) is 26.5. The lowest BCUT2D eigenvalue weighted by atomic mass is 10.0. The van der Waals surface area contributed by atoms with Crippen molar-refractivity contribution >= 4 is 11.9 Å². The molecule has 0 spiro atoms. The first-order valence-corrected chi connectivity index (χ1v) is 6.09. The maximum absolute atomic E-state index is 11.5. The van der Waals surface area contributed by atoms with Crippen molar-refractivity contribution in [2.75, 3.05) is 6.61 Å². The highest BCUT2D eigenvalue weighted by Gasteiger charge is 2.13. The Bertz CT molecular complexity index is 635. The van der Waals surface area contributed by atoms with Crippen molar-refractivity contribution in [3.05, 3.63) is 53.9 Å². The predicted molar refractivity (Wildman–Crippen MR) is 72.6 cm³/mol. The van der Waals surface area contributed by atoms with Crippen molar-refractivity contribution in [1.82, 2.24) is 4.98 Å². The van der Waals surface area contributed by atoms with Gasteiger partial charge in [-0.05, 0) is 30.7 Å². The van der Waals surface area contributed by atoms with Crippen LogP contribution in [0.15, 0.2) is 42.6 Å². The van der Waals surface area contributed by atoms with Gasteiger partial charge in [-0.25, -0.2) is 14.6 Å². The molecule has 0 atom stereocenters. The SMILES string of the molecule is CCOC(=O)c1ccc(-c2cccnc2C(=O)O)cc1. The van der Waals surface area contributed by atoms with Gasteiger partial charge in [-0.15, -0.1) is 0 Å². The van der Waals surface area contributed by atoms with E-state index >= 15 is 0 Å². The molecular weight excluding hydrogens is 258 g/mol. The van der Waals surface area contributed by atoms with E-state index in [1.807, 2.05) is 0 Å². The molecule has 1 aromatic heterocycles. The number of rotatable bonds is 4. The molecule has 102 valence electrons. The van der Waals surface area contributed by atoms with Crippen molar-refractivity contribution in [2.24, 2.45) is 0 Å². The second-order valence-electron chi connectivity index (χ2n) is 4.00. The number of aromatic carboxylic acids is 1. The number of esters is 1. The lowest BCUT2D eigenvalue weighted by Gasteiger charge is -2.06. The molecule has 0 saturated carbocycles. The summed E-state index contributed by atoms with van der Waals surface area (Å²) in [5.41, 5.74) is 1.60. The number of hydrogen-bond acceptors (Lipinski definition) is 4. The van der Waals surface area contributed by atoms with Gasteiger partial charge >= 0.3 is 11.9 Å². The molecule has 0 radical (unpaired) electrons. The fourth-order valence-electron chi connectivity index (χ4n) is 1.81. The molecule has 0 amide bonds. The number of carboxylic acids is 1. The van der Waals surface area contributed by atoms with Gasteiger partial charge in [0.1, 0.15) is 0 Å². The number of ether oxygens (including phenoxy) is 1. The normalized spacial score (nSPS) is 10.1. The first-order chi connectivity index (χ1) is 9.63. The third kappa shape index (κ3) is 2.83. The van der Waals surface area contributed by atoms with E-state index in [1.54, 1.807) is 43.3 Å². The zero-order valence-corrected chi connectivity index (χ0v) is 10.9. The molecule has 1 heterocycles. The number of nitrogens with zero attached hydrogens (tertiary/aromatic N) is 1. The minimum Gasteiger partial charge on any atom is -0.476 e. The number of pyridine rings is 1. The molecule has 0 unspecified atom stereocenters. The molecule has 0 aliphatic rings. The highest BCUT2D eigenvalue weighted by atomic mass is 16.5. The number of carbonyl (C=O) groups is 2. The minimum absolute atomic E-state index is 0.0172. The summed E-state index contributed by atoms with van der Waals surface area (Å²) in [7, 11) is 0. The first kappa shape index (κ1) is 13.7. The maximum Gasteiger partial charge on any atom is 0.355 e.